The summed E-state index contributed by atoms with van der Waals surface area (Å²) in [5.74, 6) is 0.856. The van der Waals surface area contributed by atoms with Crippen molar-refractivity contribution < 1.29 is 0 Å². The molecule has 5 nitrogen and oxygen atoms in total. The zero-order valence-corrected chi connectivity index (χ0v) is 9.75. The van der Waals surface area contributed by atoms with Crippen molar-refractivity contribution in [3.8, 4) is 0 Å². The molecule has 0 bridgehead atoms. The molecular weight excluding hydrogens is 214 g/mol. The molecule has 0 atom stereocenters. The van der Waals surface area contributed by atoms with Crippen LogP contribution in [0.25, 0.3) is 11.0 Å². The summed E-state index contributed by atoms with van der Waals surface area (Å²) in [6.07, 6.45) is 2.65. The van der Waals surface area contributed by atoms with Crippen molar-refractivity contribution in [2.45, 2.75) is 13.3 Å². The molecule has 88 valence electrons. The van der Waals surface area contributed by atoms with Crippen molar-refractivity contribution in [2.75, 3.05) is 13.1 Å². The summed E-state index contributed by atoms with van der Waals surface area (Å²) in [6.45, 7) is 4.00. The minimum atomic E-state index is 0.856. The van der Waals surface area contributed by atoms with Crippen LogP contribution in [0.2, 0.25) is 0 Å². The number of nitrogens with zero attached hydrogens (tertiary/aromatic N) is 2. The van der Waals surface area contributed by atoms with E-state index in [1.165, 1.54) is 5.56 Å². The second kappa shape index (κ2) is 4.08. The van der Waals surface area contributed by atoms with E-state index in [1.807, 2.05) is 12.1 Å². The fraction of sp³-hybridized carbons (Fsp3) is 0.333. The topological polar surface area (TPSA) is 65.1 Å². The summed E-state index contributed by atoms with van der Waals surface area (Å²) in [7, 11) is 0. The number of rotatable bonds is 2. The lowest BCUT2D eigenvalue weighted by Crippen LogP contribution is -2.23. The van der Waals surface area contributed by atoms with E-state index in [1.54, 1.807) is 6.33 Å². The Morgan fingerprint density at radius 1 is 1.29 bits per heavy atom. The Hall–Kier alpha value is -2.04. The molecule has 3 rings (SSSR count). The van der Waals surface area contributed by atoms with Crippen LogP contribution < -0.4 is 10.6 Å². The monoisotopic (exact) mass is 229 g/mol. The third kappa shape index (κ3) is 1.73. The number of hydrogen-bond acceptors (Lipinski definition) is 2. The molecule has 1 aliphatic rings. The molecule has 5 heteroatoms. The molecule has 3 N–H and O–H groups in total. The number of nitrogens with one attached hydrogen (secondary N) is 3. The van der Waals surface area contributed by atoms with Crippen LogP contribution in [0.15, 0.2) is 23.5 Å². The number of aromatic nitrogens is 2. The number of imidazole rings is 1. The number of benzene rings is 1. The third-order valence-corrected chi connectivity index (χ3v) is 2.97. The van der Waals surface area contributed by atoms with Crippen LogP contribution in [-0.2, 0) is 6.42 Å². The van der Waals surface area contributed by atoms with E-state index in [2.05, 4.69) is 32.5 Å². The number of H-pyrrole nitrogens is 1. The lowest BCUT2D eigenvalue weighted by molar-refractivity contribution is 0.942. The molecule has 1 fully saturated rings. The Morgan fingerprint density at radius 3 is 2.88 bits per heavy atom. The number of guanidine groups is 1. The van der Waals surface area contributed by atoms with E-state index >= 15 is 0 Å². The van der Waals surface area contributed by atoms with Gasteiger partial charge in [0.15, 0.2) is 5.96 Å². The van der Waals surface area contributed by atoms with Gasteiger partial charge in [-0.1, -0.05) is 6.92 Å². The molecule has 0 spiro atoms. The average molecular weight is 229 g/mol. The lowest BCUT2D eigenvalue weighted by atomic mass is 10.1. The molecule has 1 aromatic carbocycles. The van der Waals surface area contributed by atoms with Crippen LogP contribution in [0.1, 0.15) is 12.5 Å². The van der Waals surface area contributed by atoms with Crippen LogP contribution >= 0.6 is 0 Å². The van der Waals surface area contributed by atoms with E-state index in [0.717, 1.165) is 42.2 Å². The molecule has 0 aliphatic carbocycles. The number of aliphatic imine (C=N–C) groups is 1. The zero-order chi connectivity index (χ0) is 11.7. The van der Waals surface area contributed by atoms with Gasteiger partial charge in [-0.25, -0.2) is 9.98 Å². The van der Waals surface area contributed by atoms with E-state index < -0.39 is 0 Å². The molecule has 0 unspecified atom stereocenters. The highest BCUT2D eigenvalue weighted by atomic mass is 15.2. The predicted molar refractivity (Wildman–Crippen MR) is 68.6 cm³/mol. The Morgan fingerprint density at radius 2 is 2.12 bits per heavy atom. The zero-order valence-electron chi connectivity index (χ0n) is 9.75. The van der Waals surface area contributed by atoms with E-state index in [0.29, 0.717) is 0 Å². The van der Waals surface area contributed by atoms with Gasteiger partial charge in [-0.05, 0) is 18.6 Å². The average Bonchev–Trinajstić information content (AvgIpc) is 2.98. The molecule has 17 heavy (non-hydrogen) atoms. The normalized spacial score (nSPS) is 14.8. The van der Waals surface area contributed by atoms with Gasteiger partial charge in [0.1, 0.15) is 0 Å². The fourth-order valence-corrected chi connectivity index (χ4v) is 2.13. The van der Waals surface area contributed by atoms with Crippen molar-refractivity contribution in [1.82, 2.24) is 20.6 Å². The highest BCUT2D eigenvalue weighted by molar-refractivity contribution is 5.88. The number of hydrogen-bond donors (Lipinski definition) is 3. The summed E-state index contributed by atoms with van der Waals surface area (Å²) >= 11 is 0. The molecular formula is C12H15N5. The van der Waals surface area contributed by atoms with Gasteiger partial charge in [0.05, 0.1) is 23.0 Å². The van der Waals surface area contributed by atoms with E-state index in [9.17, 15) is 0 Å². The fourth-order valence-electron chi connectivity index (χ4n) is 2.13. The van der Waals surface area contributed by atoms with Crippen LogP contribution in [0.3, 0.4) is 0 Å². The first-order valence-corrected chi connectivity index (χ1v) is 5.90. The Labute approximate surface area is 99.4 Å². The van der Waals surface area contributed by atoms with Gasteiger partial charge in [0.2, 0.25) is 0 Å². The highest BCUT2D eigenvalue weighted by Crippen LogP contribution is 2.26. The highest BCUT2D eigenvalue weighted by Gasteiger charge is 2.10. The summed E-state index contributed by atoms with van der Waals surface area (Å²) in [5.41, 5.74) is 4.27. The quantitative estimate of drug-likeness (QED) is 0.727. The Balaban J connectivity index is 2.11. The maximum absolute atomic E-state index is 4.60. The second-order valence-electron chi connectivity index (χ2n) is 4.03. The van der Waals surface area contributed by atoms with Gasteiger partial charge in [0, 0.05) is 18.7 Å². The largest absolute Gasteiger partial charge is 0.354 e. The third-order valence-electron chi connectivity index (χ3n) is 2.97. The van der Waals surface area contributed by atoms with Gasteiger partial charge >= 0.3 is 0 Å². The minimum absolute atomic E-state index is 0.856. The number of aryl methyl sites for hydroxylation is 1. The standard InChI is InChI=1S/C12H15N5/c1-2-8-9(17-12-13-5-6-14-12)3-4-10-11(8)16-7-15-10/h3-4,7H,2,5-6H2,1H3,(H,15,16)(H2,13,14,17). The van der Waals surface area contributed by atoms with Gasteiger partial charge in [-0.3, -0.25) is 0 Å². The number of aromatic amines is 1. The first kappa shape index (κ1) is 10.1. The SMILES string of the molecule is CCc1c(N=C2NCCN2)ccc2[nH]cnc12. The predicted octanol–water partition coefficient (Wildman–Crippen LogP) is 1.31. The maximum atomic E-state index is 4.60. The van der Waals surface area contributed by atoms with E-state index in [-0.39, 0.29) is 0 Å². The molecule has 0 saturated carbocycles. The molecule has 1 aliphatic heterocycles. The van der Waals surface area contributed by atoms with Gasteiger partial charge in [0.25, 0.3) is 0 Å². The van der Waals surface area contributed by atoms with Crippen molar-refractivity contribution in [2.24, 2.45) is 4.99 Å². The smallest absolute Gasteiger partial charge is 0.196 e. The van der Waals surface area contributed by atoms with Crippen LogP contribution in [0.5, 0.6) is 0 Å². The summed E-state index contributed by atoms with van der Waals surface area (Å²) < 4.78 is 0. The number of fused-ring (bicyclic) bond motifs is 1. The van der Waals surface area contributed by atoms with Crippen molar-refractivity contribution in [3.63, 3.8) is 0 Å². The van der Waals surface area contributed by atoms with Gasteiger partial charge in [-0.15, -0.1) is 0 Å². The second-order valence-corrected chi connectivity index (χ2v) is 4.03. The van der Waals surface area contributed by atoms with E-state index in [4.69, 9.17) is 0 Å². The van der Waals surface area contributed by atoms with Crippen LogP contribution in [0, 0.1) is 0 Å². The van der Waals surface area contributed by atoms with Gasteiger partial charge < -0.3 is 15.6 Å². The molecule has 2 heterocycles. The van der Waals surface area contributed by atoms with Crippen molar-refractivity contribution in [1.29, 1.82) is 0 Å². The lowest BCUT2D eigenvalue weighted by Gasteiger charge is -2.05. The van der Waals surface area contributed by atoms with Crippen molar-refractivity contribution in [3.05, 3.63) is 24.0 Å². The van der Waals surface area contributed by atoms with Crippen LogP contribution in [-0.4, -0.2) is 29.0 Å². The van der Waals surface area contributed by atoms with Gasteiger partial charge in [-0.2, -0.15) is 0 Å². The van der Waals surface area contributed by atoms with Crippen molar-refractivity contribution >= 4 is 22.7 Å². The first-order chi connectivity index (χ1) is 8.38. The molecule has 0 radical (unpaired) electrons. The first-order valence-electron chi connectivity index (χ1n) is 5.90. The molecule has 0 amide bonds. The molecule has 1 aromatic heterocycles. The molecule has 2 aromatic rings. The summed E-state index contributed by atoms with van der Waals surface area (Å²) in [4.78, 5) is 12.1. The maximum Gasteiger partial charge on any atom is 0.196 e. The minimum Gasteiger partial charge on any atom is -0.354 e. The summed E-state index contributed by atoms with van der Waals surface area (Å²) in [5, 5.41) is 6.42. The summed E-state index contributed by atoms with van der Waals surface area (Å²) in [6, 6.07) is 4.06. The Kier molecular flexibility index (Phi) is 2.44. The molecule has 1 saturated heterocycles. The Bertz CT molecular complexity index is 561. The van der Waals surface area contributed by atoms with Crippen LogP contribution in [0.4, 0.5) is 5.69 Å².